The van der Waals surface area contributed by atoms with Crippen LogP contribution in [0, 0.1) is 16.7 Å². The smallest absolute Gasteiger partial charge is 0.242 e. The van der Waals surface area contributed by atoms with Crippen LogP contribution in [0.1, 0.15) is 18.4 Å². The fraction of sp³-hybridized carbons (Fsp3) is 0.500. The molecule has 1 aliphatic rings. The van der Waals surface area contributed by atoms with Crippen molar-refractivity contribution in [3.63, 3.8) is 0 Å². The van der Waals surface area contributed by atoms with E-state index in [1.54, 1.807) is 11.9 Å². The number of carbonyl (C=O) groups excluding carboxylic acids is 1. The van der Waals surface area contributed by atoms with E-state index in [0.717, 1.165) is 19.3 Å². The second-order valence-corrected chi connectivity index (χ2v) is 4.39. The van der Waals surface area contributed by atoms with Gasteiger partial charge in [0.05, 0.1) is 6.07 Å². The first-order valence-electron chi connectivity index (χ1n) is 5.46. The van der Waals surface area contributed by atoms with Crippen LogP contribution < -0.4 is 0 Å². The standard InChI is InChI=1S/C12H15N3O/c1-15(7-3-10-2-6-14-8-10)11(16)12(9-13)4-5-12/h2,6,8,14H,3-5,7H2,1H3. The number of amides is 1. The third-order valence-electron chi connectivity index (χ3n) is 3.12. The summed E-state index contributed by atoms with van der Waals surface area (Å²) >= 11 is 0. The first-order valence-corrected chi connectivity index (χ1v) is 5.46. The lowest BCUT2D eigenvalue weighted by Gasteiger charge is -2.19. The van der Waals surface area contributed by atoms with E-state index in [1.807, 2.05) is 18.5 Å². The van der Waals surface area contributed by atoms with Crippen LogP contribution in [0.2, 0.25) is 0 Å². The zero-order valence-electron chi connectivity index (χ0n) is 9.36. The Balaban J connectivity index is 1.87. The Kier molecular flexibility index (Phi) is 2.69. The highest BCUT2D eigenvalue weighted by molar-refractivity contribution is 5.88. The molecule has 1 aliphatic carbocycles. The first kappa shape index (κ1) is 10.7. The van der Waals surface area contributed by atoms with Crippen LogP contribution in [-0.2, 0) is 11.2 Å². The first-order chi connectivity index (χ1) is 7.68. The van der Waals surface area contributed by atoms with Crippen molar-refractivity contribution < 1.29 is 4.79 Å². The molecule has 0 saturated heterocycles. The van der Waals surface area contributed by atoms with Crippen molar-refractivity contribution >= 4 is 5.91 Å². The molecule has 1 N–H and O–H groups in total. The lowest BCUT2D eigenvalue weighted by Crippen LogP contribution is -2.34. The fourth-order valence-corrected chi connectivity index (χ4v) is 1.78. The summed E-state index contributed by atoms with van der Waals surface area (Å²) in [6, 6.07) is 4.12. The molecule has 2 rings (SSSR count). The summed E-state index contributed by atoms with van der Waals surface area (Å²) in [6.45, 7) is 0.667. The van der Waals surface area contributed by atoms with Crippen LogP contribution in [0.25, 0.3) is 0 Å². The minimum absolute atomic E-state index is 0.0227. The van der Waals surface area contributed by atoms with Crippen LogP contribution in [-0.4, -0.2) is 29.4 Å². The maximum absolute atomic E-state index is 11.9. The van der Waals surface area contributed by atoms with Crippen LogP contribution >= 0.6 is 0 Å². The van der Waals surface area contributed by atoms with Gasteiger partial charge in [-0.2, -0.15) is 5.26 Å². The summed E-state index contributed by atoms with van der Waals surface area (Å²) in [5.41, 5.74) is 0.494. The second-order valence-electron chi connectivity index (χ2n) is 4.39. The minimum atomic E-state index is -0.688. The SMILES string of the molecule is CN(CCc1cc[nH]c1)C(=O)C1(C#N)CC1. The Morgan fingerprint density at radius 3 is 2.94 bits per heavy atom. The molecule has 1 aromatic heterocycles. The third kappa shape index (κ3) is 1.94. The maximum Gasteiger partial charge on any atom is 0.242 e. The van der Waals surface area contributed by atoms with Gasteiger partial charge in [-0.05, 0) is 30.9 Å². The van der Waals surface area contributed by atoms with Gasteiger partial charge in [-0.15, -0.1) is 0 Å². The van der Waals surface area contributed by atoms with Crippen molar-refractivity contribution in [3.8, 4) is 6.07 Å². The van der Waals surface area contributed by atoms with Gasteiger partial charge in [-0.3, -0.25) is 4.79 Å². The number of nitriles is 1. The van der Waals surface area contributed by atoms with E-state index in [4.69, 9.17) is 5.26 Å². The van der Waals surface area contributed by atoms with Crippen LogP contribution in [0.5, 0.6) is 0 Å². The molecule has 1 aromatic rings. The molecule has 4 nitrogen and oxygen atoms in total. The molecular formula is C12H15N3O. The number of hydrogen-bond acceptors (Lipinski definition) is 2. The zero-order chi connectivity index (χ0) is 11.6. The predicted octanol–water partition coefficient (Wildman–Crippen LogP) is 1.32. The minimum Gasteiger partial charge on any atom is -0.367 e. The molecule has 1 heterocycles. The number of nitrogens with zero attached hydrogens (tertiary/aromatic N) is 2. The highest BCUT2D eigenvalue weighted by Gasteiger charge is 2.51. The summed E-state index contributed by atoms with van der Waals surface area (Å²) in [5, 5.41) is 8.93. The molecule has 0 bridgehead atoms. The van der Waals surface area contributed by atoms with E-state index in [0.29, 0.717) is 6.54 Å². The van der Waals surface area contributed by atoms with E-state index >= 15 is 0 Å². The third-order valence-corrected chi connectivity index (χ3v) is 3.12. The van der Waals surface area contributed by atoms with Gasteiger partial charge in [0.1, 0.15) is 5.41 Å². The number of carbonyl (C=O) groups is 1. The van der Waals surface area contributed by atoms with Gasteiger partial charge in [0.15, 0.2) is 0 Å². The van der Waals surface area contributed by atoms with Gasteiger partial charge in [0.2, 0.25) is 5.91 Å². The molecule has 1 amide bonds. The van der Waals surface area contributed by atoms with Gasteiger partial charge in [-0.1, -0.05) is 0 Å². The quantitative estimate of drug-likeness (QED) is 0.826. The van der Waals surface area contributed by atoms with Crippen LogP contribution in [0.4, 0.5) is 0 Å². The lowest BCUT2D eigenvalue weighted by molar-refractivity contribution is -0.133. The van der Waals surface area contributed by atoms with Gasteiger partial charge in [0.25, 0.3) is 0 Å². The van der Waals surface area contributed by atoms with Gasteiger partial charge < -0.3 is 9.88 Å². The molecule has 16 heavy (non-hydrogen) atoms. The van der Waals surface area contributed by atoms with Crippen LogP contribution in [0.15, 0.2) is 18.5 Å². The molecule has 4 heteroatoms. The molecule has 0 aliphatic heterocycles. The maximum atomic E-state index is 11.9. The molecule has 84 valence electrons. The summed E-state index contributed by atoms with van der Waals surface area (Å²) in [5.74, 6) is -0.0227. The number of aromatic amines is 1. The highest BCUT2D eigenvalue weighted by atomic mass is 16.2. The Morgan fingerprint density at radius 1 is 1.69 bits per heavy atom. The van der Waals surface area contributed by atoms with Gasteiger partial charge in [0, 0.05) is 26.0 Å². The van der Waals surface area contributed by atoms with Crippen molar-refractivity contribution in [2.24, 2.45) is 5.41 Å². The largest absolute Gasteiger partial charge is 0.367 e. The van der Waals surface area contributed by atoms with E-state index in [-0.39, 0.29) is 5.91 Å². The predicted molar refractivity (Wildman–Crippen MR) is 59.4 cm³/mol. The average Bonchev–Trinajstić information content (AvgIpc) is 2.94. The Morgan fingerprint density at radius 2 is 2.44 bits per heavy atom. The lowest BCUT2D eigenvalue weighted by atomic mass is 10.1. The van der Waals surface area contributed by atoms with Crippen molar-refractivity contribution in [1.29, 1.82) is 5.26 Å². The van der Waals surface area contributed by atoms with Crippen molar-refractivity contribution in [3.05, 3.63) is 24.0 Å². The van der Waals surface area contributed by atoms with Crippen molar-refractivity contribution in [2.45, 2.75) is 19.3 Å². The van der Waals surface area contributed by atoms with E-state index in [2.05, 4.69) is 11.1 Å². The fourth-order valence-electron chi connectivity index (χ4n) is 1.78. The summed E-state index contributed by atoms with van der Waals surface area (Å²) in [6.07, 6.45) is 6.06. The van der Waals surface area contributed by atoms with Gasteiger partial charge >= 0.3 is 0 Å². The number of likely N-dealkylation sites (N-methyl/N-ethyl adjacent to an activating group) is 1. The Labute approximate surface area is 94.9 Å². The molecule has 0 radical (unpaired) electrons. The molecule has 0 atom stereocenters. The molecule has 1 fully saturated rings. The molecule has 0 spiro atoms. The van der Waals surface area contributed by atoms with Gasteiger partial charge in [-0.25, -0.2) is 0 Å². The molecular weight excluding hydrogens is 202 g/mol. The summed E-state index contributed by atoms with van der Waals surface area (Å²) in [4.78, 5) is 16.6. The highest BCUT2D eigenvalue weighted by Crippen LogP contribution is 2.46. The van der Waals surface area contributed by atoms with E-state index in [9.17, 15) is 4.79 Å². The molecule has 0 aromatic carbocycles. The topological polar surface area (TPSA) is 59.9 Å². The molecule has 0 unspecified atom stereocenters. The zero-order valence-corrected chi connectivity index (χ0v) is 9.36. The monoisotopic (exact) mass is 217 g/mol. The van der Waals surface area contributed by atoms with E-state index in [1.165, 1.54) is 5.56 Å². The number of rotatable bonds is 4. The Bertz CT molecular complexity index is 412. The summed E-state index contributed by atoms with van der Waals surface area (Å²) in [7, 11) is 1.77. The van der Waals surface area contributed by atoms with E-state index < -0.39 is 5.41 Å². The number of aromatic nitrogens is 1. The normalized spacial score (nSPS) is 16.5. The van der Waals surface area contributed by atoms with Crippen LogP contribution in [0.3, 0.4) is 0 Å². The molecule has 1 saturated carbocycles. The number of nitrogens with one attached hydrogen (secondary N) is 1. The number of H-pyrrole nitrogens is 1. The number of hydrogen-bond donors (Lipinski definition) is 1. The summed E-state index contributed by atoms with van der Waals surface area (Å²) < 4.78 is 0. The second kappa shape index (κ2) is 4.01. The van der Waals surface area contributed by atoms with Crippen molar-refractivity contribution in [2.75, 3.05) is 13.6 Å². The average molecular weight is 217 g/mol. The Hall–Kier alpha value is -1.76. The van der Waals surface area contributed by atoms with Crippen molar-refractivity contribution in [1.82, 2.24) is 9.88 Å².